The maximum Gasteiger partial charge on any atom is 0.323 e. The van der Waals surface area contributed by atoms with Gasteiger partial charge in [-0.3, -0.25) is 19.4 Å². The summed E-state index contributed by atoms with van der Waals surface area (Å²) < 4.78 is 5.23. The van der Waals surface area contributed by atoms with Crippen molar-refractivity contribution in [1.82, 2.24) is 14.7 Å². The first-order chi connectivity index (χ1) is 11.7. The summed E-state index contributed by atoms with van der Waals surface area (Å²) in [5.41, 5.74) is 0. The van der Waals surface area contributed by atoms with E-state index in [1.54, 1.807) is 0 Å². The third-order valence-electron chi connectivity index (χ3n) is 5.04. The molecule has 1 amide bonds. The van der Waals surface area contributed by atoms with Crippen molar-refractivity contribution in [3.63, 3.8) is 0 Å². The van der Waals surface area contributed by atoms with Gasteiger partial charge in [-0.15, -0.1) is 0 Å². The molecule has 2 aliphatic rings. The Labute approximate surface area is 146 Å². The van der Waals surface area contributed by atoms with Crippen molar-refractivity contribution in [1.29, 1.82) is 0 Å². The molecular formula is C18H33N3O3. The van der Waals surface area contributed by atoms with Crippen LogP contribution in [0.3, 0.4) is 0 Å². The van der Waals surface area contributed by atoms with Gasteiger partial charge in [-0.1, -0.05) is 13.3 Å². The molecule has 138 valence electrons. The molecule has 2 fully saturated rings. The lowest BCUT2D eigenvalue weighted by atomic mass is 10.1. The Kier molecular flexibility index (Phi) is 7.99. The number of carbonyl (C=O) groups is 2. The maximum absolute atomic E-state index is 12.4. The third kappa shape index (κ3) is 5.45. The zero-order valence-corrected chi connectivity index (χ0v) is 15.3. The van der Waals surface area contributed by atoms with Gasteiger partial charge in [0.2, 0.25) is 5.91 Å². The van der Waals surface area contributed by atoms with E-state index in [0.717, 1.165) is 65.0 Å². The second-order valence-corrected chi connectivity index (χ2v) is 6.81. The van der Waals surface area contributed by atoms with E-state index in [1.165, 1.54) is 6.42 Å². The number of esters is 1. The van der Waals surface area contributed by atoms with Crippen LogP contribution in [0.5, 0.6) is 0 Å². The van der Waals surface area contributed by atoms with Crippen molar-refractivity contribution in [3.8, 4) is 0 Å². The molecule has 0 aromatic heterocycles. The zero-order valence-electron chi connectivity index (χ0n) is 15.3. The highest BCUT2D eigenvalue weighted by molar-refractivity contribution is 5.78. The van der Waals surface area contributed by atoms with E-state index < -0.39 is 0 Å². The van der Waals surface area contributed by atoms with Crippen molar-refractivity contribution >= 4 is 11.9 Å². The molecule has 1 atom stereocenters. The topological polar surface area (TPSA) is 53.1 Å². The summed E-state index contributed by atoms with van der Waals surface area (Å²) in [6.45, 7) is 10.1. The highest BCUT2D eigenvalue weighted by Crippen LogP contribution is 2.14. The Bertz CT molecular complexity index is 402. The van der Waals surface area contributed by atoms with Crippen LogP contribution in [-0.2, 0) is 14.3 Å². The number of rotatable bonds is 7. The van der Waals surface area contributed by atoms with E-state index in [0.29, 0.717) is 13.2 Å². The Morgan fingerprint density at radius 1 is 0.958 bits per heavy atom. The third-order valence-corrected chi connectivity index (χ3v) is 5.04. The van der Waals surface area contributed by atoms with Crippen LogP contribution < -0.4 is 0 Å². The molecule has 0 aromatic rings. The Hall–Kier alpha value is -1.14. The van der Waals surface area contributed by atoms with Gasteiger partial charge in [-0.2, -0.15) is 0 Å². The summed E-state index contributed by atoms with van der Waals surface area (Å²) >= 11 is 0. The average molecular weight is 339 g/mol. The second kappa shape index (κ2) is 9.99. The van der Waals surface area contributed by atoms with Gasteiger partial charge in [-0.05, 0) is 32.6 Å². The van der Waals surface area contributed by atoms with Gasteiger partial charge < -0.3 is 9.64 Å². The number of hydrogen-bond acceptors (Lipinski definition) is 5. The van der Waals surface area contributed by atoms with E-state index in [-0.39, 0.29) is 17.9 Å². The quantitative estimate of drug-likeness (QED) is 0.656. The molecule has 24 heavy (non-hydrogen) atoms. The molecule has 0 radical (unpaired) electrons. The molecule has 0 aromatic carbocycles. The molecule has 2 heterocycles. The fourth-order valence-electron chi connectivity index (χ4n) is 3.63. The number of nitrogens with zero attached hydrogens (tertiary/aromatic N) is 3. The highest BCUT2D eigenvalue weighted by Gasteiger charge is 2.30. The van der Waals surface area contributed by atoms with Crippen molar-refractivity contribution in [2.24, 2.45) is 0 Å². The first-order valence-electron chi connectivity index (χ1n) is 9.56. The number of ether oxygens (including phenoxy) is 1. The van der Waals surface area contributed by atoms with E-state index in [1.807, 2.05) is 11.8 Å². The van der Waals surface area contributed by atoms with Gasteiger partial charge in [0.1, 0.15) is 6.04 Å². The van der Waals surface area contributed by atoms with Crippen LogP contribution in [0.25, 0.3) is 0 Å². The van der Waals surface area contributed by atoms with Crippen LogP contribution in [0.15, 0.2) is 0 Å². The smallest absolute Gasteiger partial charge is 0.323 e. The number of likely N-dealkylation sites (tertiary alicyclic amines) is 1. The molecule has 6 nitrogen and oxygen atoms in total. The summed E-state index contributed by atoms with van der Waals surface area (Å²) in [5, 5.41) is 0. The van der Waals surface area contributed by atoms with Gasteiger partial charge in [0.25, 0.3) is 0 Å². The predicted molar refractivity (Wildman–Crippen MR) is 93.8 cm³/mol. The number of piperazine rings is 1. The minimum Gasteiger partial charge on any atom is -0.465 e. The minimum atomic E-state index is -0.130. The van der Waals surface area contributed by atoms with Crippen LogP contribution in [0.4, 0.5) is 0 Å². The number of amides is 1. The molecule has 0 bridgehead atoms. The fraction of sp³-hybridized carbons (Fsp3) is 0.889. The van der Waals surface area contributed by atoms with E-state index in [2.05, 4.69) is 16.7 Å². The molecule has 6 heteroatoms. The number of carbonyl (C=O) groups excluding carboxylic acids is 2. The summed E-state index contributed by atoms with van der Waals surface area (Å²) in [6, 6.07) is -0.130. The summed E-state index contributed by atoms with van der Waals surface area (Å²) in [6.07, 6.45) is 5.33. The Morgan fingerprint density at radius 2 is 1.62 bits per heavy atom. The number of piperidine rings is 1. The molecular weight excluding hydrogens is 306 g/mol. The maximum atomic E-state index is 12.4. The Morgan fingerprint density at radius 3 is 2.21 bits per heavy atom. The van der Waals surface area contributed by atoms with Gasteiger partial charge >= 0.3 is 5.97 Å². The first kappa shape index (κ1) is 19.2. The van der Waals surface area contributed by atoms with Crippen LogP contribution in [0.2, 0.25) is 0 Å². The van der Waals surface area contributed by atoms with Crippen LogP contribution in [0, 0.1) is 0 Å². The molecule has 2 rings (SSSR count). The van der Waals surface area contributed by atoms with Gasteiger partial charge in [0.05, 0.1) is 13.2 Å². The summed E-state index contributed by atoms with van der Waals surface area (Å²) in [7, 11) is 0. The lowest BCUT2D eigenvalue weighted by molar-refractivity contribution is -0.151. The molecule has 0 saturated carbocycles. The van der Waals surface area contributed by atoms with E-state index in [4.69, 9.17) is 4.74 Å². The molecule has 0 spiro atoms. The van der Waals surface area contributed by atoms with Gasteiger partial charge in [-0.25, -0.2) is 0 Å². The van der Waals surface area contributed by atoms with Crippen LogP contribution in [-0.4, -0.2) is 85.0 Å². The lowest BCUT2D eigenvalue weighted by Crippen LogP contribution is -2.54. The zero-order chi connectivity index (χ0) is 17.4. The largest absolute Gasteiger partial charge is 0.465 e. The van der Waals surface area contributed by atoms with Gasteiger partial charge in [0, 0.05) is 39.3 Å². The van der Waals surface area contributed by atoms with Gasteiger partial charge in [0.15, 0.2) is 0 Å². The summed E-state index contributed by atoms with van der Waals surface area (Å²) in [5.74, 6) is 0.163. The van der Waals surface area contributed by atoms with Crippen molar-refractivity contribution in [2.75, 3.05) is 52.4 Å². The average Bonchev–Trinajstić information content (AvgIpc) is 2.61. The molecule has 0 N–H and O–H groups in total. The monoisotopic (exact) mass is 339 g/mol. The molecule has 2 aliphatic heterocycles. The normalized spacial score (nSPS) is 21.5. The molecule has 0 aliphatic carbocycles. The number of hydrogen-bond donors (Lipinski definition) is 0. The van der Waals surface area contributed by atoms with Crippen molar-refractivity contribution in [2.45, 2.75) is 52.0 Å². The lowest BCUT2D eigenvalue weighted by Gasteiger charge is -2.38. The molecule has 1 unspecified atom stereocenters. The second-order valence-electron chi connectivity index (χ2n) is 6.81. The molecule has 2 saturated heterocycles. The fourth-order valence-corrected chi connectivity index (χ4v) is 3.63. The standard InChI is InChI=1S/C18H33N3O3/c1-3-8-16(18(23)24-4-2)20-13-11-19(12-14-20)15-17(22)21-9-6-5-7-10-21/h16H,3-15H2,1-2H3. The Balaban J connectivity index is 1.78. The SMILES string of the molecule is CCCC(C(=O)OCC)N1CCN(CC(=O)N2CCCCC2)CC1. The first-order valence-corrected chi connectivity index (χ1v) is 9.56. The van der Waals surface area contributed by atoms with Crippen LogP contribution in [0.1, 0.15) is 46.0 Å². The van der Waals surface area contributed by atoms with E-state index >= 15 is 0 Å². The highest BCUT2D eigenvalue weighted by atomic mass is 16.5. The van der Waals surface area contributed by atoms with E-state index in [9.17, 15) is 9.59 Å². The summed E-state index contributed by atoms with van der Waals surface area (Å²) in [4.78, 5) is 31.0. The predicted octanol–water partition coefficient (Wildman–Crippen LogP) is 1.35. The van der Waals surface area contributed by atoms with Crippen molar-refractivity contribution < 1.29 is 14.3 Å². The minimum absolute atomic E-state index is 0.0998. The van der Waals surface area contributed by atoms with Crippen molar-refractivity contribution in [3.05, 3.63) is 0 Å². The van der Waals surface area contributed by atoms with Crippen LogP contribution >= 0.6 is 0 Å².